The van der Waals surface area contributed by atoms with E-state index in [9.17, 15) is 4.79 Å². The van der Waals surface area contributed by atoms with Gasteiger partial charge >= 0.3 is 0 Å². The molecule has 25 heavy (non-hydrogen) atoms. The van der Waals surface area contributed by atoms with E-state index in [2.05, 4.69) is 37.4 Å². The second kappa shape index (κ2) is 8.39. The number of amides is 1. The highest BCUT2D eigenvalue weighted by Crippen LogP contribution is 2.23. The lowest BCUT2D eigenvalue weighted by molar-refractivity contribution is -0.128. The van der Waals surface area contributed by atoms with E-state index in [1.165, 1.54) is 11.1 Å². The van der Waals surface area contributed by atoms with Crippen LogP contribution in [0.4, 0.5) is 0 Å². The Balaban J connectivity index is 2.07. The van der Waals surface area contributed by atoms with Gasteiger partial charge in [-0.05, 0) is 69.0 Å². The summed E-state index contributed by atoms with van der Waals surface area (Å²) in [6.07, 6.45) is 0.0568. The van der Waals surface area contributed by atoms with Gasteiger partial charge in [0, 0.05) is 5.02 Å². The predicted molar refractivity (Wildman–Crippen MR) is 103 cm³/mol. The van der Waals surface area contributed by atoms with Gasteiger partial charge in [0.1, 0.15) is 5.75 Å². The van der Waals surface area contributed by atoms with Gasteiger partial charge in [0.15, 0.2) is 6.10 Å². The maximum atomic E-state index is 12.6. The Morgan fingerprint density at radius 2 is 1.84 bits per heavy atom. The lowest BCUT2D eigenvalue weighted by Crippen LogP contribution is -2.39. The van der Waals surface area contributed by atoms with Gasteiger partial charge in [-0.1, -0.05) is 42.3 Å². The molecule has 0 aliphatic rings. The summed E-state index contributed by atoms with van der Waals surface area (Å²) in [4.78, 5) is 12.6. The molecule has 0 spiro atoms. The van der Waals surface area contributed by atoms with Crippen molar-refractivity contribution in [2.75, 3.05) is 0 Å². The predicted octanol–water partition coefficient (Wildman–Crippen LogP) is 5.30. The van der Waals surface area contributed by atoms with Crippen molar-refractivity contribution in [2.24, 2.45) is 0 Å². The van der Waals surface area contributed by atoms with Gasteiger partial charge in [-0.2, -0.15) is 0 Å². The van der Waals surface area contributed by atoms with Crippen LogP contribution in [0.15, 0.2) is 36.4 Å². The van der Waals surface area contributed by atoms with Gasteiger partial charge in [-0.15, -0.1) is 0 Å². The van der Waals surface area contributed by atoms with Gasteiger partial charge in [0.05, 0.1) is 6.04 Å². The molecule has 0 aliphatic heterocycles. The van der Waals surface area contributed by atoms with E-state index in [1.807, 2.05) is 26.8 Å². The van der Waals surface area contributed by atoms with Crippen molar-refractivity contribution < 1.29 is 9.53 Å². The molecule has 134 valence electrons. The van der Waals surface area contributed by atoms with Crippen LogP contribution in [0.2, 0.25) is 5.02 Å². The average Bonchev–Trinajstić information content (AvgIpc) is 2.55. The molecule has 0 aromatic heterocycles. The summed E-state index contributed by atoms with van der Waals surface area (Å²) in [6, 6.07) is 11.6. The third kappa shape index (κ3) is 4.99. The van der Waals surface area contributed by atoms with Crippen molar-refractivity contribution in [3.05, 3.63) is 63.7 Å². The molecule has 0 bridgehead atoms. The molecule has 0 aliphatic carbocycles. The van der Waals surface area contributed by atoms with Crippen LogP contribution in [0.3, 0.4) is 0 Å². The minimum atomic E-state index is -0.534. The molecule has 2 aromatic rings. The number of carbonyl (C=O) groups is 1. The minimum Gasteiger partial charge on any atom is -0.481 e. The fraction of sp³-hybridized carbons (Fsp3) is 0.381. The van der Waals surface area contributed by atoms with Crippen molar-refractivity contribution in [1.29, 1.82) is 0 Å². The zero-order valence-corrected chi connectivity index (χ0v) is 16.3. The molecule has 0 radical (unpaired) electrons. The number of ether oxygens (including phenoxy) is 1. The van der Waals surface area contributed by atoms with Gasteiger partial charge in [-0.25, -0.2) is 0 Å². The van der Waals surface area contributed by atoms with Crippen molar-refractivity contribution >= 4 is 17.5 Å². The third-order valence-corrected chi connectivity index (χ3v) is 4.75. The molecule has 3 nitrogen and oxygen atoms in total. The van der Waals surface area contributed by atoms with Crippen LogP contribution >= 0.6 is 11.6 Å². The smallest absolute Gasteiger partial charge is 0.261 e. The molecule has 0 unspecified atom stereocenters. The van der Waals surface area contributed by atoms with E-state index in [0.29, 0.717) is 17.2 Å². The number of carbonyl (C=O) groups excluding carboxylic acids is 1. The van der Waals surface area contributed by atoms with Crippen LogP contribution < -0.4 is 10.1 Å². The Kier molecular flexibility index (Phi) is 6.49. The highest BCUT2D eigenvalue weighted by molar-refractivity contribution is 6.31. The number of hydrogen-bond acceptors (Lipinski definition) is 2. The first-order chi connectivity index (χ1) is 11.8. The Hall–Kier alpha value is -2.00. The van der Waals surface area contributed by atoms with E-state index in [4.69, 9.17) is 16.3 Å². The first-order valence-corrected chi connectivity index (χ1v) is 9.00. The summed E-state index contributed by atoms with van der Waals surface area (Å²) in [7, 11) is 0. The fourth-order valence-electron chi connectivity index (χ4n) is 2.87. The van der Waals surface area contributed by atoms with Crippen LogP contribution in [0.1, 0.15) is 48.6 Å². The second-order valence-electron chi connectivity index (χ2n) is 6.52. The van der Waals surface area contributed by atoms with Crippen LogP contribution in [-0.2, 0) is 4.79 Å². The Morgan fingerprint density at radius 1 is 1.12 bits per heavy atom. The highest BCUT2D eigenvalue weighted by Gasteiger charge is 2.21. The minimum absolute atomic E-state index is 0.0716. The van der Waals surface area contributed by atoms with Gasteiger partial charge in [0.2, 0.25) is 0 Å². The molecule has 2 aromatic carbocycles. The molecule has 4 heteroatoms. The Morgan fingerprint density at radius 3 is 2.44 bits per heavy atom. The fourth-order valence-corrected chi connectivity index (χ4v) is 2.99. The molecule has 2 atom stereocenters. The van der Waals surface area contributed by atoms with Crippen molar-refractivity contribution in [3.8, 4) is 5.75 Å². The Labute approximate surface area is 155 Å². The van der Waals surface area contributed by atoms with Crippen molar-refractivity contribution in [1.82, 2.24) is 5.32 Å². The zero-order chi connectivity index (χ0) is 18.6. The number of halogens is 1. The van der Waals surface area contributed by atoms with E-state index in [-0.39, 0.29) is 11.9 Å². The molecule has 0 fully saturated rings. The quantitative estimate of drug-likeness (QED) is 0.760. The molecule has 0 saturated heterocycles. The number of nitrogens with one attached hydrogen (secondary N) is 1. The zero-order valence-electron chi connectivity index (χ0n) is 15.5. The topological polar surface area (TPSA) is 38.3 Å². The maximum Gasteiger partial charge on any atom is 0.261 e. The molecular formula is C21H26ClNO2. The molecular weight excluding hydrogens is 334 g/mol. The van der Waals surface area contributed by atoms with Crippen LogP contribution in [0, 0.1) is 20.8 Å². The van der Waals surface area contributed by atoms with Gasteiger partial charge in [-0.3, -0.25) is 4.79 Å². The monoisotopic (exact) mass is 359 g/mol. The first-order valence-electron chi connectivity index (χ1n) is 8.62. The normalized spacial score (nSPS) is 13.2. The highest BCUT2D eigenvalue weighted by atomic mass is 35.5. The summed E-state index contributed by atoms with van der Waals surface area (Å²) in [5.41, 5.74) is 4.44. The number of hydrogen-bond donors (Lipinski definition) is 1. The van der Waals surface area contributed by atoms with Crippen LogP contribution in [0.25, 0.3) is 0 Å². The maximum absolute atomic E-state index is 12.6. The molecule has 0 saturated carbocycles. The second-order valence-corrected chi connectivity index (χ2v) is 6.92. The third-order valence-electron chi connectivity index (χ3n) is 4.32. The SMILES string of the molecule is CC[C@H](Oc1ccc(Cl)c(C)c1)C(=O)N[C@@H](C)c1ccc(C)cc1C. The van der Waals surface area contributed by atoms with Crippen LogP contribution in [0.5, 0.6) is 5.75 Å². The standard InChI is InChI=1S/C21H26ClNO2/c1-6-20(25-17-8-10-19(22)15(4)12-17)21(24)23-16(5)18-9-7-13(2)11-14(18)3/h7-12,16,20H,6H2,1-5H3,(H,23,24)/t16-,20-/m0/s1. The van der Waals surface area contributed by atoms with Gasteiger partial charge < -0.3 is 10.1 Å². The molecule has 2 rings (SSSR count). The van der Waals surface area contributed by atoms with Crippen molar-refractivity contribution in [3.63, 3.8) is 0 Å². The van der Waals surface area contributed by atoms with Gasteiger partial charge in [0.25, 0.3) is 5.91 Å². The van der Waals surface area contributed by atoms with Crippen molar-refractivity contribution in [2.45, 2.75) is 53.2 Å². The molecule has 1 N–H and O–H groups in total. The lowest BCUT2D eigenvalue weighted by Gasteiger charge is -2.22. The largest absolute Gasteiger partial charge is 0.481 e. The number of rotatable bonds is 6. The number of benzene rings is 2. The first kappa shape index (κ1) is 19.3. The van der Waals surface area contributed by atoms with Crippen LogP contribution in [-0.4, -0.2) is 12.0 Å². The number of aryl methyl sites for hydroxylation is 3. The summed E-state index contributed by atoms with van der Waals surface area (Å²) >= 11 is 6.04. The summed E-state index contributed by atoms with van der Waals surface area (Å²) < 4.78 is 5.88. The van der Waals surface area contributed by atoms with E-state index >= 15 is 0 Å². The lowest BCUT2D eigenvalue weighted by atomic mass is 10.00. The van der Waals surface area contributed by atoms with E-state index < -0.39 is 6.10 Å². The molecule has 0 heterocycles. The van der Waals surface area contributed by atoms with E-state index in [0.717, 1.165) is 11.1 Å². The summed E-state index contributed by atoms with van der Waals surface area (Å²) in [6.45, 7) is 9.98. The summed E-state index contributed by atoms with van der Waals surface area (Å²) in [5, 5.41) is 3.75. The molecule has 1 amide bonds. The Bertz CT molecular complexity index is 758. The summed E-state index contributed by atoms with van der Waals surface area (Å²) in [5.74, 6) is 0.547. The van der Waals surface area contributed by atoms with E-state index in [1.54, 1.807) is 12.1 Å². The average molecular weight is 360 g/mol.